The van der Waals surface area contributed by atoms with Crippen molar-refractivity contribution in [1.82, 2.24) is 15.2 Å². The highest BCUT2D eigenvalue weighted by atomic mass is 16.2. The van der Waals surface area contributed by atoms with Crippen LogP contribution in [0, 0.1) is 11.3 Å². The molecule has 90 valence electrons. The maximum absolute atomic E-state index is 11.2. The molecule has 0 atom stereocenters. The van der Waals surface area contributed by atoms with E-state index in [1.807, 2.05) is 6.07 Å². The van der Waals surface area contributed by atoms with Gasteiger partial charge in [-0.3, -0.25) is 0 Å². The first kappa shape index (κ1) is 12.8. The highest BCUT2D eigenvalue weighted by Gasteiger charge is 2.03. The molecule has 0 spiro atoms. The molecule has 1 rings (SSSR count). The summed E-state index contributed by atoms with van der Waals surface area (Å²) in [5.41, 5.74) is 0.492. The molecular formula is C11H15N5O. The average Bonchev–Trinajstić information content (AvgIpc) is 2.34. The van der Waals surface area contributed by atoms with Gasteiger partial charge in [0.2, 0.25) is 0 Å². The molecule has 2 amide bonds. The first-order valence-electron chi connectivity index (χ1n) is 5.19. The van der Waals surface area contributed by atoms with Gasteiger partial charge in [-0.2, -0.15) is 5.26 Å². The summed E-state index contributed by atoms with van der Waals surface area (Å²) in [7, 11) is 3.35. The van der Waals surface area contributed by atoms with E-state index in [-0.39, 0.29) is 6.03 Å². The summed E-state index contributed by atoms with van der Waals surface area (Å²) in [5, 5.41) is 14.5. The lowest BCUT2D eigenvalue weighted by Crippen LogP contribution is -2.37. The molecule has 0 saturated heterocycles. The van der Waals surface area contributed by atoms with E-state index in [2.05, 4.69) is 15.6 Å². The number of pyridine rings is 1. The smallest absolute Gasteiger partial charge is 0.316 e. The predicted molar refractivity (Wildman–Crippen MR) is 64.5 cm³/mol. The van der Waals surface area contributed by atoms with Gasteiger partial charge in [0.25, 0.3) is 0 Å². The quantitative estimate of drug-likeness (QED) is 0.748. The minimum atomic E-state index is -0.145. The van der Waals surface area contributed by atoms with Crippen molar-refractivity contribution in [3.63, 3.8) is 0 Å². The Balaban J connectivity index is 2.37. The maximum Gasteiger partial charge on any atom is 0.316 e. The zero-order valence-electron chi connectivity index (χ0n) is 9.90. The second-order valence-corrected chi connectivity index (χ2v) is 3.56. The Hall–Kier alpha value is -2.29. The molecule has 6 nitrogen and oxygen atoms in total. The van der Waals surface area contributed by atoms with Crippen LogP contribution in [0.4, 0.5) is 10.6 Å². The average molecular weight is 233 g/mol. The predicted octanol–water partition coefficient (Wildman–Crippen LogP) is 0.636. The van der Waals surface area contributed by atoms with Crippen LogP contribution >= 0.6 is 0 Å². The number of urea groups is 1. The highest BCUT2D eigenvalue weighted by Crippen LogP contribution is 2.08. The molecule has 0 bridgehead atoms. The van der Waals surface area contributed by atoms with Crippen LogP contribution in [0.2, 0.25) is 0 Å². The fourth-order valence-corrected chi connectivity index (χ4v) is 1.14. The number of nitrogens with zero attached hydrogens (tertiary/aromatic N) is 3. The largest absolute Gasteiger partial charge is 0.367 e. The maximum atomic E-state index is 11.2. The Labute approximate surface area is 100 Å². The van der Waals surface area contributed by atoms with Crippen molar-refractivity contribution in [3.05, 3.63) is 23.9 Å². The second kappa shape index (κ2) is 6.33. The van der Waals surface area contributed by atoms with Crippen molar-refractivity contribution >= 4 is 11.8 Å². The van der Waals surface area contributed by atoms with Gasteiger partial charge in [0.15, 0.2) is 0 Å². The van der Waals surface area contributed by atoms with E-state index < -0.39 is 0 Å². The Bertz CT molecular complexity index is 424. The van der Waals surface area contributed by atoms with Crippen molar-refractivity contribution in [2.24, 2.45) is 0 Å². The van der Waals surface area contributed by atoms with Gasteiger partial charge < -0.3 is 15.5 Å². The monoisotopic (exact) mass is 233 g/mol. The normalized spacial score (nSPS) is 9.24. The van der Waals surface area contributed by atoms with Crippen molar-refractivity contribution in [1.29, 1.82) is 5.26 Å². The number of hydrogen-bond donors (Lipinski definition) is 2. The van der Waals surface area contributed by atoms with Gasteiger partial charge in [-0.1, -0.05) is 0 Å². The SMILES string of the molecule is CN(C)C(=O)NCCNc1ncccc1C#N. The first-order valence-corrected chi connectivity index (χ1v) is 5.19. The first-order chi connectivity index (χ1) is 8.15. The third kappa shape index (κ3) is 3.99. The van der Waals surface area contributed by atoms with Crippen LogP contribution in [0.25, 0.3) is 0 Å². The molecule has 1 heterocycles. The summed E-state index contributed by atoms with van der Waals surface area (Å²) >= 11 is 0. The number of rotatable bonds is 4. The zero-order valence-corrected chi connectivity index (χ0v) is 9.90. The van der Waals surface area contributed by atoms with Crippen LogP contribution in [0.5, 0.6) is 0 Å². The van der Waals surface area contributed by atoms with Gasteiger partial charge in [0.1, 0.15) is 11.9 Å². The number of carbonyl (C=O) groups excluding carboxylic acids is 1. The van der Waals surface area contributed by atoms with Gasteiger partial charge in [-0.15, -0.1) is 0 Å². The highest BCUT2D eigenvalue weighted by molar-refractivity contribution is 5.73. The number of hydrogen-bond acceptors (Lipinski definition) is 4. The molecule has 17 heavy (non-hydrogen) atoms. The number of nitrogens with one attached hydrogen (secondary N) is 2. The molecular weight excluding hydrogens is 218 g/mol. The fourth-order valence-electron chi connectivity index (χ4n) is 1.14. The molecule has 0 unspecified atom stereocenters. The Morgan fingerprint density at radius 3 is 2.94 bits per heavy atom. The van der Waals surface area contributed by atoms with Gasteiger partial charge in [-0.25, -0.2) is 9.78 Å². The Morgan fingerprint density at radius 1 is 1.53 bits per heavy atom. The molecule has 0 saturated carbocycles. The summed E-state index contributed by atoms with van der Waals surface area (Å²) < 4.78 is 0. The minimum absolute atomic E-state index is 0.145. The van der Waals surface area contributed by atoms with E-state index >= 15 is 0 Å². The van der Waals surface area contributed by atoms with E-state index in [1.54, 1.807) is 32.4 Å². The number of anilines is 1. The van der Waals surface area contributed by atoms with Gasteiger partial charge in [0, 0.05) is 33.4 Å². The summed E-state index contributed by atoms with van der Waals surface area (Å²) in [6.07, 6.45) is 1.61. The Morgan fingerprint density at radius 2 is 2.29 bits per heavy atom. The standard InChI is InChI=1S/C11H15N5O/c1-16(2)11(17)15-7-6-14-10-9(8-12)4-3-5-13-10/h3-5H,6-7H2,1-2H3,(H,13,14)(H,15,17). The molecule has 6 heteroatoms. The number of nitriles is 1. The molecule has 0 radical (unpaired) electrons. The van der Waals surface area contributed by atoms with Crippen LogP contribution in [-0.2, 0) is 0 Å². The molecule has 0 fully saturated rings. The lowest BCUT2D eigenvalue weighted by molar-refractivity contribution is 0.218. The van der Waals surface area contributed by atoms with Crippen LogP contribution in [0.3, 0.4) is 0 Å². The van der Waals surface area contributed by atoms with Crippen molar-refractivity contribution in [3.8, 4) is 6.07 Å². The zero-order chi connectivity index (χ0) is 12.7. The van der Waals surface area contributed by atoms with Gasteiger partial charge >= 0.3 is 6.03 Å². The van der Waals surface area contributed by atoms with E-state index in [0.717, 1.165) is 0 Å². The molecule has 0 aliphatic rings. The number of aromatic nitrogens is 1. The minimum Gasteiger partial charge on any atom is -0.367 e. The lowest BCUT2D eigenvalue weighted by atomic mass is 10.3. The van der Waals surface area contributed by atoms with Crippen molar-refractivity contribution in [2.75, 3.05) is 32.5 Å². The van der Waals surface area contributed by atoms with Crippen LogP contribution in [-0.4, -0.2) is 43.1 Å². The fraction of sp³-hybridized carbons (Fsp3) is 0.364. The van der Waals surface area contributed by atoms with E-state index in [4.69, 9.17) is 5.26 Å². The van der Waals surface area contributed by atoms with Crippen LogP contribution in [0.15, 0.2) is 18.3 Å². The van der Waals surface area contributed by atoms with Crippen molar-refractivity contribution in [2.45, 2.75) is 0 Å². The molecule has 1 aromatic rings. The summed E-state index contributed by atoms with van der Waals surface area (Å²) in [6.45, 7) is 0.990. The molecule has 0 aliphatic heterocycles. The van der Waals surface area contributed by atoms with Crippen molar-refractivity contribution < 1.29 is 4.79 Å². The third-order valence-electron chi connectivity index (χ3n) is 2.03. The van der Waals surface area contributed by atoms with E-state index in [0.29, 0.717) is 24.5 Å². The summed E-state index contributed by atoms with van der Waals surface area (Å²) in [4.78, 5) is 16.7. The summed E-state index contributed by atoms with van der Waals surface area (Å²) in [6, 6.07) is 5.29. The topological polar surface area (TPSA) is 81.1 Å². The van der Waals surface area contributed by atoms with Gasteiger partial charge in [-0.05, 0) is 12.1 Å². The lowest BCUT2D eigenvalue weighted by Gasteiger charge is -2.12. The number of amides is 2. The van der Waals surface area contributed by atoms with Crippen LogP contribution in [0.1, 0.15) is 5.56 Å². The third-order valence-corrected chi connectivity index (χ3v) is 2.03. The van der Waals surface area contributed by atoms with E-state index in [9.17, 15) is 4.79 Å². The second-order valence-electron chi connectivity index (χ2n) is 3.56. The summed E-state index contributed by atoms with van der Waals surface area (Å²) in [5.74, 6) is 0.536. The molecule has 0 aromatic carbocycles. The molecule has 1 aromatic heterocycles. The molecule has 2 N–H and O–H groups in total. The number of carbonyl (C=O) groups is 1. The van der Waals surface area contributed by atoms with E-state index in [1.165, 1.54) is 4.90 Å². The molecule has 0 aliphatic carbocycles. The van der Waals surface area contributed by atoms with Crippen LogP contribution < -0.4 is 10.6 Å². The Kier molecular flexibility index (Phi) is 4.76. The van der Waals surface area contributed by atoms with Gasteiger partial charge in [0.05, 0.1) is 5.56 Å².